The normalized spacial score (nSPS) is 10.4. The van der Waals surface area contributed by atoms with Gasteiger partial charge in [0.1, 0.15) is 5.76 Å². The average Bonchev–Trinajstić information content (AvgIpc) is 3.03. The van der Waals surface area contributed by atoms with Crippen molar-refractivity contribution in [3.05, 3.63) is 145 Å². The summed E-state index contributed by atoms with van der Waals surface area (Å²) in [6.07, 6.45) is 7.21. The molecule has 4 aromatic rings. The van der Waals surface area contributed by atoms with E-state index in [1.165, 1.54) is 22.3 Å². The predicted octanol–water partition coefficient (Wildman–Crippen LogP) is 10.3. The number of benzene rings is 4. The van der Waals surface area contributed by atoms with Gasteiger partial charge in [-0.3, -0.25) is 0 Å². The van der Waals surface area contributed by atoms with Crippen LogP contribution in [-0.4, -0.2) is 6.61 Å². The van der Waals surface area contributed by atoms with E-state index in [1.54, 1.807) is 12.1 Å². The summed E-state index contributed by atoms with van der Waals surface area (Å²) in [6.45, 7) is 20.8. The minimum absolute atomic E-state index is 0.614. The average molecular weight is 629 g/mol. The second-order valence-electron chi connectivity index (χ2n) is 12.2. The molecule has 0 bridgehead atoms. The molecule has 0 unspecified atom stereocenters. The molecular formula is C42H52N4O. The number of allylic oxidation sites excluding steroid dienone is 3. The lowest BCUT2D eigenvalue weighted by molar-refractivity contribution is 0.268. The van der Waals surface area contributed by atoms with Gasteiger partial charge < -0.3 is 27.7 Å². The molecule has 47 heavy (non-hydrogen) atoms. The predicted molar refractivity (Wildman–Crippen MR) is 207 cm³/mol. The molecule has 0 aliphatic carbocycles. The number of hydrogen-bond donors (Lipinski definition) is 4. The van der Waals surface area contributed by atoms with Gasteiger partial charge >= 0.3 is 0 Å². The molecule has 246 valence electrons. The van der Waals surface area contributed by atoms with Crippen molar-refractivity contribution in [2.75, 3.05) is 29.5 Å². The largest absolute Gasteiger partial charge is 0.494 e. The summed E-state index contributed by atoms with van der Waals surface area (Å²) in [5.41, 5.74) is 35.9. The van der Waals surface area contributed by atoms with Crippen LogP contribution in [0.15, 0.2) is 122 Å². The zero-order valence-corrected chi connectivity index (χ0v) is 28.3. The summed E-state index contributed by atoms with van der Waals surface area (Å²) in [4.78, 5) is 0. The number of rotatable bonds is 15. The van der Waals surface area contributed by atoms with Crippen LogP contribution in [0.1, 0.15) is 68.2 Å². The van der Waals surface area contributed by atoms with Crippen LogP contribution in [0.3, 0.4) is 0 Å². The van der Waals surface area contributed by atoms with Gasteiger partial charge in [-0.1, -0.05) is 93.8 Å². The molecule has 0 heterocycles. The van der Waals surface area contributed by atoms with Crippen molar-refractivity contribution in [1.29, 1.82) is 0 Å². The molecule has 0 aliphatic heterocycles. The summed E-state index contributed by atoms with van der Waals surface area (Å²) < 4.78 is 5.78. The molecule has 4 rings (SSSR count). The van der Waals surface area contributed by atoms with Gasteiger partial charge in [-0.2, -0.15) is 0 Å². The third-order valence-electron chi connectivity index (χ3n) is 7.89. The van der Waals surface area contributed by atoms with Gasteiger partial charge in [0.15, 0.2) is 0 Å². The Labute approximate surface area is 282 Å². The second-order valence-corrected chi connectivity index (χ2v) is 12.2. The summed E-state index contributed by atoms with van der Waals surface area (Å²) in [5, 5.41) is 0. The van der Waals surface area contributed by atoms with Gasteiger partial charge in [0.2, 0.25) is 0 Å². The molecule has 0 spiro atoms. The van der Waals surface area contributed by atoms with Crippen LogP contribution < -0.4 is 22.9 Å². The third-order valence-corrected chi connectivity index (χ3v) is 7.89. The van der Waals surface area contributed by atoms with Crippen molar-refractivity contribution < 1.29 is 4.74 Å². The van der Waals surface area contributed by atoms with E-state index in [0.717, 1.165) is 72.8 Å². The molecule has 0 aliphatic rings. The maximum absolute atomic E-state index is 5.84. The number of anilines is 4. The van der Waals surface area contributed by atoms with E-state index in [1.807, 2.05) is 31.2 Å². The summed E-state index contributed by atoms with van der Waals surface area (Å²) in [7, 11) is 0. The van der Waals surface area contributed by atoms with Crippen LogP contribution in [0.4, 0.5) is 22.7 Å². The van der Waals surface area contributed by atoms with Crippen LogP contribution >= 0.6 is 0 Å². The Morgan fingerprint density at radius 2 is 1.11 bits per heavy atom. The smallest absolute Gasteiger partial charge is 0.119 e. The monoisotopic (exact) mass is 628 g/mol. The lowest BCUT2D eigenvalue weighted by Gasteiger charge is -2.11. The van der Waals surface area contributed by atoms with E-state index in [9.17, 15) is 0 Å². The molecule has 0 amide bonds. The highest BCUT2D eigenvalue weighted by atomic mass is 16.5. The molecule has 5 heteroatoms. The highest BCUT2D eigenvalue weighted by Crippen LogP contribution is 2.25. The molecule has 0 saturated heterocycles. The van der Waals surface area contributed by atoms with Gasteiger partial charge in [-0.15, -0.1) is 0 Å². The van der Waals surface area contributed by atoms with E-state index in [4.69, 9.17) is 27.7 Å². The van der Waals surface area contributed by atoms with Crippen molar-refractivity contribution in [3.63, 3.8) is 0 Å². The van der Waals surface area contributed by atoms with Crippen LogP contribution in [-0.2, 0) is 17.6 Å². The number of nitrogens with two attached hydrogens (primary N) is 4. The van der Waals surface area contributed by atoms with Crippen molar-refractivity contribution in [2.45, 2.75) is 58.8 Å². The lowest BCUT2D eigenvalue weighted by Crippen LogP contribution is -1.98. The van der Waals surface area contributed by atoms with Gasteiger partial charge in [0, 0.05) is 28.3 Å². The fraction of sp³-hybridized carbons (Fsp3) is 0.238. The van der Waals surface area contributed by atoms with E-state index in [0.29, 0.717) is 35.1 Å². The zero-order chi connectivity index (χ0) is 34.3. The fourth-order valence-electron chi connectivity index (χ4n) is 5.13. The lowest BCUT2D eigenvalue weighted by atomic mass is 9.97. The molecule has 0 fully saturated rings. The van der Waals surface area contributed by atoms with E-state index < -0.39 is 0 Å². The summed E-state index contributed by atoms with van der Waals surface area (Å²) >= 11 is 0. The molecule has 0 aromatic heterocycles. The number of unbranched alkanes of at least 4 members (excludes halogenated alkanes) is 2. The van der Waals surface area contributed by atoms with Crippen LogP contribution in [0.5, 0.6) is 0 Å². The molecular weight excluding hydrogens is 576 g/mol. The van der Waals surface area contributed by atoms with E-state index >= 15 is 0 Å². The Morgan fingerprint density at radius 1 is 0.617 bits per heavy atom. The Kier molecular flexibility index (Phi) is 14.0. The van der Waals surface area contributed by atoms with Gasteiger partial charge in [0.25, 0.3) is 0 Å². The summed E-state index contributed by atoms with van der Waals surface area (Å²) in [5.74, 6) is 0.614. The van der Waals surface area contributed by atoms with E-state index in [2.05, 4.69) is 81.8 Å². The van der Waals surface area contributed by atoms with Crippen LogP contribution in [0.2, 0.25) is 0 Å². The first-order valence-corrected chi connectivity index (χ1v) is 16.3. The van der Waals surface area contributed by atoms with Gasteiger partial charge in [0.05, 0.1) is 6.61 Å². The Morgan fingerprint density at radius 3 is 1.60 bits per heavy atom. The third kappa shape index (κ3) is 12.3. The number of aryl methyl sites for hydroxylation is 1. The standard InChI is InChI=1S/C31H36N2O.C11H16N2/c1-22(2)23(3)18-26-11-15-28(16-12-26)27-13-9-25(10-14-27)8-6-5-7-17-34-24(4)29-19-30(32)21-31(33)20-29;1-3-4-8(2)9-5-10(12)7-11(13)6-9/h9-16,19-21H,1,3-8,17-18,32-33H2,2H3;5-7H,2-4,12-13H2,1H3. The molecule has 0 radical (unpaired) electrons. The first-order chi connectivity index (χ1) is 22.4. The van der Waals surface area contributed by atoms with Gasteiger partial charge in [-0.25, -0.2) is 0 Å². The zero-order valence-electron chi connectivity index (χ0n) is 28.3. The molecule has 0 atom stereocenters. The highest BCUT2D eigenvalue weighted by molar-refractivity contribution is 5.71. The first-order valence-electron chi connectivity index (χ1n) is 16.3. The molecule has 5 nitrogen and oxygen atoms in total. The first kappa shape index (κ1) is 36.3. The van der Waals surface area contributed by atoms with Crippen LogP contribution in [0, 0.1) is 0 Å². The SMILES string of the molecule is C=C(C)C(=C)Cc1ccc(-c2ccc(CCCCCOC(=C)c3cc(N)cc(N)c3)cc2)cc1.C=C(CCC)c1cc(N)cc(N)c1. The number of ether oxygens (including phenoxy) is 1. The van der Waals surface area contributed by atoms with E-state index in [-0.39, 0.29) is 0 Å². The van der Waals surface area contributed by atoms with Crippen molar-refractivity contribution >= 4 is 34.1 Å². The minimum Gasteiger partial charge on any atom is -0.494 e. The Bertz CT molecular complexity index is 1630. The topological polar surface area (TPSA) is 113 Å². The molecule has 8 N–H and O–H groups in total. The Balaban J connectivity index is 0.000000386. The minimum atomic E-state index is 0.614. The quantitative estimate of drug-likeness (QED) is 0.0453. The fourth-order valence-corrected chi connectivity index (χ4v) is 5.13. The maximum atomic E-state index is 5.84. The molecule has 0 saturated carbocycles. The summed E-state index contributed by atoms with van der Waals surface area (Å²) in [6, 6.07) is 28.6. The van der Waals surface area contributed by atoms with Crippen molar-refractivity contribution in [1.82, 2.24) is 0 Å². The molecule has 4 aromatic carbocycles. The second kappa shape index (κ2) is 18.1. The number of hydrogen-bond acceptors (Lipinski definition) is 5. The number of nitrogen functional groups attached to an aromatic ring is 4. The maximum Gasteiger partial charge on any atom is 0.119 e. The Hall–Kier alpha value is -5.16. The van der Waals surface area contributed by atoms with Gasteiger partial charge in [-0.05, 0) is 121 Å². The van der Waals surface area contributed by atoms with Crippen molar-refractivity contribution in [3.8, 4) is 11.1 Å². The van der Waals surface area contributed by atoms with Crippen LogP contribution in [0.25, 0.3) is 22.5 Å². The van der Waals surface area contributed by atoms with Crippen molar-refractivity contribution in [2.24, 2.45) is 0 Å². The highest BCUT2D eigenvalue weighted by Gasteiger charge is 2.05.